The van der Waals surface area contributed by atoms with Gasteiger partial charge < -0.3 is 4.90 Å². The van der Waals surface area contributed by atoms with Crippen LogP contribution < -0.4 is 4.90 Å². The Kier molecular flexibility index (Phi) is 5.93. The van der Waals surface area contributed by atoms with Crippen molar-refractivity contribution < 1.29 is 4.92 Å². The normalized spacial score (nSPS) is 23.4. The van der Waals surface area contributed by atoms with Gasteiger partial charge in [-0.3, -0.25) is 10.1 Å². The molecule has 9 heteroatoms. The number of allylic oxidation sites excluding steroid dienone is 2. The number of likely N-dealkylation sites (N-methyl/N-ethyl adjacent to an activating group) is 1. The molecule has 0 bridgehead atoms. The van der Waals surface area contributed by atoms with Crippen LogP contribution in [0.3, 0.4) is 0 Å². The number of nitro groups is 1. The van der Waals surface area contributed by atoms with E-state index in [0.29, 0.717) is 5.69 Å². The third kappa shape index (κ3) is 3.49. The molecule has 0 saturated heterocycles. The summed E-state index contributed by atoms with van der Waals surface area (Å²) in [5.41, 5.74) is 4.23. The maximum absolute atomic E-state index is 11.1. The second-order valence-corrected chi connectivity index (χ2v) is 11.7. The highest BCUT2D eigenvalue weighted by Gasteiger charge is 2.47. The SMILES string of the molecule is CCN(CC)P1(=Nc2ccc([N+](=O)[O-])cc2)/C(=C2\N(C)c3ccccc3C2(C)C)C=NN1C. The number of fused-ring (bicyclic) bond motifs is 1. The summed E-state index contributed by atoms with van der Waals surface area (Å²) in [6.07, 6.45) is 1.97. The molecule has 33 heavy (non-hydrogen) atoms. The summed E-state index contributed by atoms with van der Waals surface area (Å²) < 4.78 is 9.73. The molecular weight excluding hydrogens is 435 g/mol. The van der Waals surface area contributed by atoms with Crippen molar-refractivity contribution in [3.05, 3.63) is 75.2 Å². The number of non-ortho nitro benzene ring substituents is 1. The van der Waals surface area contributed by atoms with Gasteiger partial charge in [0, 0.05) is 56.1 Å². The Morgan fingerprint density at radius 2 is 1.73 bits per heavy atom. The Morgan fingerprint density at radius 3 is 2.30 bits per heavy atom. The van der Waals surface area contributed by atoms with Crippen molar-refractivity contribution in [2.75, 3.05) is 32.1 Å². The molecule has 0 saturated carbocycles. The number of rotatable bonds is 5. The van der Waals surface area contributed by atoms with Crippen LogP contribution >= 0.6 is 7.36 Å². The first kappa shape index (κ1) is 23.2. The van der Waals surface area contributed by atoms with Crippen LogP contribution in [0.2, 0.25) is 0 Å². The van der Waals surface area contributed by atoms with Crippen molar-refractivity contribution in [3.63, 3.8) is 0 Å². The molecule has 0 fully saturated rings. The van der Waals surface area contributed by atoms with E-state index in [1.807, 2.05) is 18.0 Å². The highest BCUT2D eigenvalue weighted by atomic mass is 31.2. The van der Waals surface area contributed by atoms with Crippen LogP contribution in [0.25, 0.3) is 0 Å². The molecule has 2 aliphatic rings. The average molecular weight is 467 g/mol. The standard InChI is InChI=1S/C24H31N6O2P/c1-7-29(8-2)33(26-18-13-15-19(16-14-18)30(31)32)22(17-25-28(33)6)23-24(3,4)20-11-9-10-12-21(20)27(23)5/h9-17H,7-8H2,1-6H3/b23-22-. The van der Waals surface area contributed by atoms with Gasteiger partial charge in [0.2, 0.25) is 0 Å². The molecule has 2 aromatic rings. The second kappa shape index (κ2) is 8.43. The zero-order valence-corrected chi connectivity index (χ0v) is 21.0. The summed E-state index contributed by atoms with van der Waals surface area (Å²) in [5.74, 6) is 0. The lowest BCUT2D eigenvalue weighted by Gasteiger charge is -2.39. The maximum atomic E-state index is 11.1. The predicted molar refractivity (Wildman–Crippen MR) is 136 cm³/mol. The van der Waals surface area contributed by atoms with Crippen molar-refractivity contribution in [2.45, 2.75) is 33.1 Å². The number of hydrogen-bond donors (Lipinski definition) is 0. The summed E-state index contributed by atoms with van der Waals surface area (Å²) >= 11 is 0. The first-order valence-electron chi connectivity index (χ1n) is 11.2. The van der Waals surface area contributed by atoms with Gasteiger partial charge in [0.05, 0.1) is 22.1 Å². The number of hydrogen-bond acceptors (Lipinski definition) is 5. The lowest BCUT2D eigenvalue weighted by Crippen LogP contribution is -2.30. The Balaban J connectivity index is 2.02. The van der Waals surface area contributed by atoms with E-state index < -0.39 is 7.36 Å². The lowest BCUT2D eigenvalue weighted by atomic mass is 9.84. The number of nitro benzene ring substituents is 1. The zero-order chi connectivity index (χ0) is 24.0. The van der Waals surface area contributed by atoms with Crippen molar-refractivity contribution in [1.82, 2.24) is 9.45 Å². The molecule has 0 spiro atoms. The molecule has 2 aromatic carbocycles. The molecule has 4 rings (SSSR count). The quantitative estimate of drug-likeness (QED) is 0.299. The number of anilines is 1. The van der Waals surface area contributed by atoms with Crippen LogP contribution in [0.4, 0.5) is 17.1 Å². The van der Waals surface area contributed by atoms with E-state index in [2.05, 4.69) is 68.6 Å². The molecule has 1 unspecified atom stereocenters. The lowest BCUT2D eigenvalue weighted by molar-refractivity contribution is -0.384. The van der Waals surface area contributed by atoms with Crippen LogP contribution in [0.1, 0.15) is 33.3 Å². The molecule has 2 aliphatic heterocycles. The van der Waals surface area contributed by atoms with Gasteiger partial charge >= 0.3 is 0 Å². The topological polar surface area (TPSA) is 77.6 Å². The van der Waals surface area contributed by atoms with E-state index in [4.69, 9.17) is 9.85 Å². The molecule has 2 heterocycles. The van der Waals surface area contributed by atoms with E-state index in [1.54, 1.807) is 12.1 Å². The number of benzene rings is 2. The molecule has 0 N–H and O–H groups in total. The van der Waals surface area contributed by atoms with E-state index >= 15 is 0 Å². The molecular formula is C24H31N6O2P. The van der Waals surface area contributed by atoms with Gasteiger partial charge in [-0.1, -0.05) is 45.9 Å². The van der Waals surface area contributed by atoms with Gasteiger partial charge in [0.1, 0.15) is 0 Å². The van der Waals surface area contributed by atoms with Crippen LogP contribution in [-0.4, -0.2) is 47.8 Å². The number of hydrazone groups is 1. The van der Waals surface area contributed by atoms with Crippen LogP contribution in [0.15, 0.2) is 69.4 Å². The third-order valence-electron chi connectivity index (χ3n) is 6.62. The fourth-order valence-electron chi connectivity index (χ4n) is 5.04. The average Bonchev–Trinajstić information content (AvgIpc) is 3.20. The highest BCUT2D eigenvalue weighted by Crippen LogP contribution is 2.69. The summed E-state index contributed by atoms with van der Waals surface area (Å²) in [6, 6.07) is 15.0. The predicted octanol–water partition coefficient (Wildman–Crippen LogP) is 6.17. The molecule has 0 aliphatic carbocycles. The van der Waals surface area contributed by atoms with E-state index in [1.165, 1.54) is 29.1 Å². The van der Waals surface area contributed by atoms with Gasteiger partial charge in [-0.15, -0.1) is 0 Å². The van der Waals surface area contributed by atoms with Crippen molar-refractivity contribution in [2.24, 2.45) is 9.85 Å². The van der Waals surface area contributed by atoms with Crippen LogP contribution in [0, 0.1) is 10.1 Å². The fraction of sp³-hybridized carbons (Fsp3) is 0.375. The second-order valence-electron chi connectivity index (χ2n) is 8.75. The summed E-state index contributed by atoms with van der Waals surface area (Å²) in [4.78, 5) is 13.0. The van der Waals surface area contributed by atoms with Gasteiger partial charge in [0.15, 0.2) is 7.36 Å². The number of nitrogens with zero attached hydrogens (tertiary/aromatic N) is 6. The summed E-state index contributed by atoms with van der Waals surface area (Å²) in [6.45, 7) is 10.4. The Hall–Kier alpha value is -2.96. The van der Waals surface area contributed by atoms with Gasteiger partial charge in [0.25, 0.3) is 5.69 Å². The summed E-state index contributed by atoms with van der Waals surface area (Å²) in [7, 11) is 1.63. The molecule has 8 nitrogen and oxygen atoms in total. The first-order chi connectivity index (χ1) is 15.7. The van der Waals surface area contributed by atoms with Crippen molar-refractivity contribution >= 4 is 30.6 Å². The van der Waals surface area contributed by atoms with Gasteiger partial charge in [-0.2, -0.15) is 5.10 Å². The molecule has 0 radical (unpaired) electrons. The minimum absolute atomic E-state index is 0.0610. The maximum Gasteiger partial charge on any atom is 0.269 e. The van der Waals surface area contributed by atoms with Gasteiger partial charge in [-0.25, -0.2) is 14.2 Å². The third-order valence-corrected chi connectivity index (χ3v) is 10.4. The monoisotopic (exact) mass is 466 g/mol. The summed E-state index contributed by atoms with van der Waals surface area (Å²) in [5, 5.41) is 17.0. The minimum Gasteiger partial charge on any atom is -0.346 e. The Bertz CT molecular complexity index is 1200. The van der Waals surface area contributed by atoms with Crippen LogP contribution in [0.5, 0.6) is 0 Å². The fourth-order valence-corrected chi connectivity index (χ4v) is 8.74. The van der Waals surface area contributed by atoms with Crippen molar-refractivity contribution in [3.8, 4) is 0 Å². The Labute approximate surface area is 195 Å². The first-order valence-corrected chi connectivity index (χ1v) is 12.8. The van der Waals surface area contributed by atoms with Gasteiger partial charge in [-0.05, 0) is 23.8 Å². The van der Waals surface area contributed by atoms with E-state index in [-0.39, 0.29) is 16.0 Å². The molecule has 0 amide bonds. The minimum atomic E-state index is -2.48. The largest absolute Gasteiger partial charge is 0.346 e. The highest BCUT2D eigenvalue weighted by molar-refractivity contribution is 7.67. The van der Waals surface area contributed by atoms with Crippen molar-refractivity contribution in [1.29, 1.82) is 0 Å². The smallest absolute Gasteiger partial charge is 0.269 e. The molecule has 0 aromatic heterocycles. The zero-order valence-electron chi connectivity index (χ0n) is 20.1. The van der Waals surface area contributed by atoms with E-state index in [9.17, 15) is 10.1 Å². The Morgan fingerprint density at radius 1 is 1.09 bits per heavy atom. The molecule has 174 valence electrons. The van der Waals surface area contributed by atoms with Crippen LogP contribution in [-0.2, 0) is 5.41 Å². The number of para-hydroxylation sites is 1. The van der Waals surface area contributed by atoms with E-state index in [0.717, 1.165) is 18.4 Å². The molecule has 1 atom stereocenters.